The number of rotatable bonds is 10. The Morgan fingerprint density at radius 1 is 0.432 bits per heavy atom. The first-order chi connectivity index (χ1) is 42.4. The maximum absolute atomic E-state index is 9.00. The van der Waals surface area contributed by atoms with Crippen LogP contribution in [0.5, 0.6) is 0 Å². The third kappa shape index (κ3) is 17.2. The first-order valence-electron chi connectivity index (χ1n) is 27.4. The maximum Gasteiger partial charge on any atom is 2.00 e. The van der Waals surface area contributed by atoms with Gasteiger partial charge in [0.15, 0.2) is 0 Å². The van der Waals surface area contributed by atoms with Crippen molar-refractivity contribution in [2.45, 2.75) is 6.92 Å². The number of hydrogen-bond acceptors (Lipinski definition) is 9. The molecule has 0 atom stereocenters. The number of benzene rings is 8. The summed E-state index contributed by atoms with van der Waals surface area (Å²) in [5.74, 6) is 2.25. The fraction of sp³-hybridized carbons (Fsp3) is 0.0143. The Bertz CT molecular complexity index is 4300. The van der Waals surface area contributed by atoms with Gasteiger partial charge in [0, 0.05) is 45.6 Å². The second-order valence-electron chi connectivity index (χ2n) is 18.8. The molecule has 0 saturated carbocycles. The van der Waals surface area contributed by atoms with Crippen molar-refractivity contribution >= 4 is 185 Å². The molecule has 1 N–H and O–H groups in total. The summed E-state index contributed by atoms with van der Waals surface area (Å²) in [7, 11) is 20.0. The SMILES string of the molecule is CC(=O)O.[Cl][Pt]([Cl])([Cl])[Cl].[K][K].[Pt+2].[c-]1ccccc1-c1cccc(N(c2ccccc2)c2cccc(-c3[c-]ccc4c3oc3ccccc34)n2)n1.c1ccc(-c2cccc(N(c3ccccc3)c3cccc(-c4cccc5c4oc4ccccc45)n3)n2)cc1. The number of nitrogens with zero attached hydrogens (tertiary/aromatic N) is 6. The summed E-state index contributed by atoms with van der Waals surface area (Å²) in [5.41, 5.74) is 12.5. The van der Waals surface area contributed by atoms with Crippen LogP contribution in [0.3, 0.4) is 0 Å². The molecule has 6 heterocycles. The van der Waals surface area contributed by atoms with Gasteiger partial charge in [-0.3, -0.25) is 24.6 Å². The number of carbonyl (C=O) groups is 1. The predicted octanol–water partition coefficient (Wildman–Crippen LogP) is 20.0. The Kier molecular flexibility index (Phi) is 25.0. The molecule has 432 valence electrons. The molecule has 0 bridgehead atoms. The van der Waals surface area contributed by atoms with Gasteiger partial charge in [-0.05, 0) is 90.3 Å². The molecule has 14 aromatic rings. The van der Waals surface area contributed by atoms with E-state index in [2.05, 4.69) is 88.7 Å². The van der Waals surface area contributed by atoms with Crippen molar-refractivity contribution < 1.29 is 51.7 Å². The topological polar surface area (TPSA) is 122 Å². The van der Waals surface area contributed by atoms with Crippen LogP contribution in [0.2, 0.25) is 0 Å². The first kappa shape index (κ1) is 67.2. The third-order valence-corrected chi connectivity index (χ3v) is 13.2. The van der Waals surface area contributed by atoms with E-state index in [9.17, 15) is 0 Å². The van der Waals surface area contributed by atoms with Gasteiger partial charge in [0.1, 0.15) is 40.0 Å². The van der Waals surface area contributed by atoms with Gasteiger partial charge in [-0.15, -0.1) is 54.1 Å². The number of aliphatic carboxylic acids is 1. The zero-order valence-corrected chi connectivity index (χ0v) is 61.2. The molecule has 0 aliphatic heterocycles. The summed E-state index contributed by atoms with van der Waals surface area (Å²) in [6, 6.07) is 95.8. The molecule has 10 nitrogen and oxygen atoms in total. The molecule has 6 aromatic heterocycles. The van der Waals surface area contributed by atoms with Crippen molar-refractivity contribution in [3.8, 4) is 45.0 Å². The summed E-state index contributed by atoms with van der Waals surface area (Å²) in [5, 5.41) is 11.7. The van der Waals surface area contributed by atoms with Gasteiger partial charge in [-0.2, -0.15) is 0 Å². The number of para-hydroxylation sites is 5. The van der Waals surface area contributed by atoms with Crippen molar-refractivity contribution in [1.82, 2.24) is 19.9 Å². The number of carboxylic acid groups (broad SMARTS) is 1. The summed E-state index contributed by atoms with van der Waals surface area (Å²) in [6.07, 6.45) is 0. The van der Waals surface area contributed by atoms with E-state index in [4.69, 9.17) is 76.3 Å². The minimum Gasteiger partial charge on any atom is -0.501 e. The van der Waals surface area contributed by atoms with Crippen LogP contribution in [0, 0.1) is 12.1 Å². The maximum atomic E-state index is 9.00. The number of halogens is 4. The van der Waals surface area contributed by atoms with Crippen LogP contribution in [0.4, 0.5) is 34.6 Å². The van der Waals surface area contributed by atoms with E-state index in [-0.39, 0.29) is 21.1 Å². The molecule has 0 aliphatic carbocycles. The van der Waals surface area contributed by atoms with Gasteiger partial charge >= 0.3 is 134 Å². The number of fused-ring (bicyclic) bond motifs is 6. The molecule has 14 rings (SSSR count). The molecular weight excluding hydrogens is 1600 g/mol. The predicted molar refractivity (Wildman–Crippen MR) is 356 cm³/mol. The van der Waals surface area contributed by atoms with Crippen molar-refractivity contribution in [3.05, 3.63) is 279 Å². The fourth-order valence-electron chi connectivity index (χ4n) is 9.70. The average Bonchev–Trinajstić information content (AvgIpc) is 1.87. The molecular formula is C70H48Cl4K2N6O4Pt2. The molecule has 0 aliphatic rings. The van der Waals surface area contributed by atoms with E-state index < -0.39 is 17.9 Å². The summed E-state index contributed by atoms with van der Waals surface area (Å²) in [6.45, 7) is 1.08. The third-order valence-electron chi connectivity index (χ3n) is 13.2. The number of hydrogen-bond donors (Lipinski definition) is 1. The van der Waals surface area contributed by atoms with E-state index in [1.165, 1.54) is 63.2 Å². The van der Waals surface area contributed by atoms with E-state index >= 15 is 0 Å². The van der Waals surface area contributed by atoms with Gasteiger partial charge in [-0.1, -0.05) is 163 Å². The van der Waals surface area contributed by atoms with Gasteiger partial charge in [0.2, 0.25) is 0 Å². The standard InChI is InChI=1S/C34H23N3O.C34H21N3O.C2H4O2.4ClH.2K.2Pt/c2*1-3-12-24(13-4-1)29-19-10-22-32(35-29)37(25-14-5-2-6-15-25)33-23-11-20-30(36-33)28-18-9-17-27-26-16-7-8-21-31(26)38-34(27)28;1-2(3)4;;;;;;;;/h1-23H;1-12,14-17,19-23H;1H3,(H,3,4);4*1H;;;;/q;-2;;;;;;;;+2;+4/p-4. The minimum absolute atomic E-state index is 0. The minimum atomic E-state index is -3.06. The monoisotopic (exact) mass is 1640 g/mol. The van der Waals surface area contributed by atoms with Crippen LogP contribution in [0.15, 0.2) is 276 Å². The van der Waals surface area contributed by atoms with Crippen LogP contribution in [0.25, 0.3) is 88.9 Å². The van der Waals surface area contributed by atoms with Crippen LogP contribution >= 0.6 is 37.7 Å². The molecule has 88 heavy (non-hydrogen) atoms. The van der Waals surface area contributed by atoms with Crippen LogP contribution in [-0.4, -0.2) is 94.2 Å². The van der Waals surface area contributed by atoms with Crippen LogP contribution in [-0.2, 0) is 37.8 Å². The van der Waals surface area contributed by atoms with Gasteiger partial charge in [0.05, 0.1) is 17.0 Å². The number of aromatic nitrogens is 4. The number of carboxylic acids is 1. The van der Waals surface area contributed by atoms with Gasteiger partial charge in [-0.25, -0.2) is 9.97 Å². The Morgan fingerprint density at radius 3 is 1.36 bits per heavy atom. The quantitative estimate of drug-likeness (QED) is 0.105. The second-order valence-corrected chi connectivity index (χ2v) is 38.5. The summed E-state index contributed by atoms with van der Waals surface area (Å²) >= 11 is -0.556. The molecule has 0 spiro atoms. The van der Waals surface area contributed by atoms with Crippen molar-refractivity contribution in [2.75, 3.05) is 9.80 Å². The van der Waals surface area contributed by atoms with Crippen molar-refractivity contribution in [1.29, 1.82) is 0 Å². The molecule has 0 fully saturated rings. The zero-order valence-electron chi connectivity index (χ0n) is 47.4. The van der Waals surface area contributed by atoms with Gasteiger partial charge in [0.25, 0.3) is 5.97 Å². The number of furan rings is 2. The van der Waals surface area contributed by atoms with E-state index in [0.717, 1.165) is 130 Å². The summed E-state index contributed by atoms with van der Waals surface area (Å²) in [4.78, 5) is 33.5. The Balaban J connectivity index is 0.000000178. The number of anilines is 6. The van der Waals surface area contributed by atoms with Crippen molar-refractivity contribution in [3.63, 3.8) is 0 Å². The Hall–Kier alpha value is -5.16. The molecule has 18 heteroatoms. The first-order valence-corrected chi connectivity index (χ1v) is 54.7. The Morgan fingerprint density at radius 2 is 0.830 bits per heavy atom. The van der Waals surface area contributed by atoms with Crippen LogP contribution < -0.4 is 9.80 Å². The number of pyridine rings is 4. The van der Waals surface area contributed by atoms with E-state index in [1.807, 2.05) is 200 Å². The molecule has 8 aromatic carbocycles. The Labute approximate surface area is 588 Å². The normalized spacial score (nSPS) is 10.9. The van der Waals surface area contributed by atoms with E-state index in [0.29, 0.717) is 0 Å². The molecule has 0 unspecified atom stereocenters. The largest absolute Gasteiger partial charge is 2.00 e. The smallest absolute Gasteiger partial charge is 0.501 e. The molecule has 0 saturated heterocycles. The zero-order chi connectivity index (χ0) is 60.7. The van der Waals surface area contributed by atoms with E-state index in [1.54, 1.807) is 0 Å². The average molecular weight is 1650 g/mol. The fourth-order valence-corrected chi connectivity index (χ4v) is 9.70. The van der Waals surface area contributed by atoms with Gasteiger partial charge < -0.3 is 13.9 Å². The van der Waals surface area contributed by atoms with Crippen molar-refractivity contribution in [2.24, 2.45) is 0 Å². The van der Waals surface area contributed by atoms with Crippen LogP contribution in [0.1, 0.15) is 6.92 Å². The molecule has 0 amide bonds. The second kappa shape index (κ2) is 32.7. The molecule has 0 radical (unpaired) electrons. The summed E-state index contributed by atoms with van der Waals surface area (Å²) < 4.78 is 12.6.